The Bertz CT molecular complexity index is 331. The van der Waals surface area contributed by atoms with Crippen molar-refractivity contribution in [3.63, 3.8) is 0 Å². The lowest BCUT2D eigenvalue weighted by Crippen LogP contribution is -2.20. The van der Waals surface area contributed by atoms with E-state index in [1.807, 2.05) is 11.3 Å². The standard InChI is InChI=1S/C14H23NOS/c1-12-7-10-17-14(12)11-15(2)8-3-5-13-6-4-9-16-13/h7,10,13H,3-6,8-9,11H2,1-2H3/t13-/m1/s1. The van der Waals surface area contributed by atoms with Crippen LogP contribution in [0, 0.1) is 6.92 Å². The van der Waals surface area contributed by atoms with Gasteiger partial charge in [-0.2, -0.15) is 0 Å². The fraction of sp³-hybridized carbons (Fsp3) is 0.714. The topological polar surface area (TPSA) is 12.5 Å². The Kier molecular flexibility index (Phi) is 5.01. The molecular formula is C14H23NOS. The molecule has 0 N–H and O–H groups in total. The van der Waals surface area contributed by atoms with Gasteiger partial charge in [-0.25, -0.2) is 0 Å². The van der Waals surface area contributed by atoms with Crippen LogP contribution in [0.2, 0.25) is 0 Å². The average molecular weight is 253 g/mol. The maximum Gasteiger partial charge on any atom is 0.0576 e. The molecule has 0 aliphatic carbocycles. The second-order valence-electron chi connectivity index (χ2n) is 5.04. The van der Waals surface area contributed by atoms with Gasteiger partial charge in [-0.05, 0) is 63.2 Å². The Morgan fingerprint density at radius 3 is 3.06 bits per heavy atom. The summed E-state index contributed by atoms with van der Waals surface area (Å²) in [6.07, 6.45) is 5.56. The van der Waals surface area contributed by atoms with Crippen molar-refractivity contribution >= 4 is 11.3 Å². The zero-order chi connectivity index (χ0) is 12.1. The molecule has 2 rings (SSSR count). The van der Waals surface area contributed by atoms with Crippen LogP contribution in [-0.2, 0) is 11.3 Å². The number of thiophene rings is 1. The van der Waals surface area contributed by atoms with Crippen LogP contribution in [0.15, 0.2) is 11.4 Å². The van der Waals surface area contributed by atoms with Crippen LogP contribution in [0.4, 0.5) is 0 Å². The molecule has 0 spiro atoms. The first-order valence-electron chi connectivity index (χ1n) is 6.59. The van der Waals surface area contributed by atoms with E-state index in [4.69, 9.17) is 4.74 Å². The second kappa shape index (κ2) is 6.53. The molecule has 0 bridgehead atoms. The van der Waals surface area contributed by atoms with E-state index in [9.17, 15) is 0 Å². The number of hydrogen-bond acceptors (Lipinski definition) is 3. The molecule has 96 valence electrons. The summed E-state index contributed by atoms with van der Waals surface area (Å²) in [4.78, 5) is 3.93. The van der Waals surface area contributed by atoms with Crippen molar-refractivity contribution in [3.05, 3.63) is 21.9 Å². The summed E-state index contributed by atoms with van der Waals surface area (Å²) in [5, 5.41) is 2.19. The predicted octanol–water partition coefficient (Wildman–Crippen LogP) is 3.45. The SMILES string of the molecule is Cc1ccsc1CN(C)CCC[C@@H]1CCCO1. The minimum Gasteiger partial charge on any atom is -0.378 e. The van der Waals surface area contributed by atoms with Crippen molar-refractivity contribution in [3.8, 4) is 0 Å². The van der Waals surface area contributed by atoms with Crippen molar-refractivity contribution < 1.29 is 4.74 Å². The molecular weight excluding hydrogens is 230 g/mol. The van der Waals surface area contributed by atoms with Crippen LogP contribution in [0.25, 0.3) is 0 Å². The average Bonchev–Trinajstić information content (AvgIpc) is 2.92. The molecule has 2 nitrogen and oxygen atoms in total. The Hall–Kier alpha value is -0.380. The molecule has 1 aliphatic rings. The summed E-state index contributed by atoms with van der Waals surface area (Å²) in [6, 6.07) is 2.21. The highest BCUT2D eigenvalue weighted by atomic mass is 32.1. The van der Waals surface area contributed by atoms with Crippen molar-refractivity contribution in [1.82, 2.24) is 4.90 Å². The van der Waals surface area contributed by atoms with Gasteiger partial charge in [0.15, 0.2) is 0 Å². The third-order valence-corrected chi connectivity index (χ3v) is 4.48. The van der Waals surface area contributed by atoms with Gasteiger partial charge >= 0.3 is 0 Å². The lowest BCUT2D eigenvalue weighted by molar-refractivity contribution is 0.0995. The largest absolute Gasteiger partial charge is 0.378 e. The lowest BCUT2D eigenvalue weighted by Gasteiger charge is -2.17. The zero-order valence-electron chi connectivity index (χ0n) is 10.9. The molecule has 1 atom stereocenters. The maximum atomic E-state index is 5.64. The second-order valence-corrected chi connectivity index (χ2v) is 6.04. The summed E-state index contributed by atoms with van der Waals surface area (Å²) >= 11 is 1.87. The van der Waals surface area contributed by atoms with E-state index < -0.39 is 0 Å². The molecule has 3 heteroatoms. The third-order valence-electron chi connectivity index (χ3n) is 3.47. The fourth-order valence-corrected chi connectivity index (χ4v) is 3.34. The van der Waals surface area contributed by atoms with Crippen molar-refractivity contribution in [2.75, 3.05) is 20.2 Å². The first kappa shape index (κ1) is 13.1. The van der Waals surface area contributed by atoms with Crippen LogP contribution in [0.1, 0.15) is 36.1 Å². The number of aryl methyl sites for hydroxylation is 1. The molecule has 2 heterocycles. The third kappa shape index (κ3) is 4.09. The first-order valence-corrected chi connectivity index (χ1v) is 7.47. The van der Waals surface area contributed by atoms with Crippen LogP contribution in [0.3, 0.4) is 0 Å². The van der Waals surface area contributed by atoms with E-state index in [-0.39, 0.29) is 0 Å². The Labute approximate surface area is 109 Å². The maximum absolute atomic E-state index is 5.64. The molecule has 17 heavy (non-hydrogen) atoms. The van der Waals surface area contributed by atoms with E-state index in [1.165, 1.54) is 42.7 Å². The van der Waals surface area contributed by atoms with Gasteiger partial charge in [-0.15, -0.1) is 11.3 Å². The Balaban J connectivity index is 1.63. The molecule has 1 fully saturated rings. The predicted molar refractivity (Wildman–Crippen MR) is 73.6 cm³/mol. The van der Waals surface area contributed by atoms with Gasteiger partial charge in [0.2, 0.25) is 0 Å². The highest BCUT2D eigenvalue weighted by Gasteiger charge is 2.15. The van der Waals surface area contributed by atoms with Gasteiger partial charge in [0.25, 0.3) is 0 Å². The van der Waals surface area contributed by atoms with E-state index in [0.717, 1.165) is 13.2 Å². The molecule has 0 radical (unpaired) electrons. The molecule has 1 aromatic heterocycles. The molecule has 1 aromatic rings. The number of ether oxygens (including phenoxy) is 1. The zero-order valence-corrected chi connectivity index (χ0v) is 11.8. The number of hydrogen-bond donors (Lipinski definition) is 0. The van der Waals surface area contributed by atoms with Gasteiger partial charge in [0.05, 0.1) is 6.10 Å². The summed E-state index contributed by atoms with van der Waals surface area (Å²) in [5.41, 5.74) is 1.43. The summed E-state index contributed by atoms with van der Waals surface area (Å²) < 4.78 is 5.64. The smallest absolute Gasteiger partial charge is 0.0576 e. The quantitative estimate of drug-likeness (QED) is 0.770. The van der Waals surface area contributed by atoms with Gasteiger partial charge in [-0.1, -0.05) is 0 Å². The molecule has 0 amide bonds. The normalized spacial score (nSPS) is 20.3. The van der Waals surface area contributed by atoms with Crippen LogP contribution in [0.5, 0.6) is 0 Å². The van der Waals surface area contributed by atoms with E-state index in [2.05, 4.69) is 30.3 Å². The summed E-state index contributed by atoms with van der Waals surface area (Å²) in [6.45, 7) is 5.45. The van der Waals surface area contributed by atoms with E-state index >= 15 is 0 Å². The highest BCUT2D eigenvalue weighted by Crippen LogP contribution is 2.19. The molecule has 1 saturated heterocycles. The molecule has 0 unspecified atom stereocenters. The van der Waals surface area contributed by atoms with Gasteiger partial charge in [-0.3, -0.25) is 0 Å². The van der Waals surface area contributed by atoms with Gasteiger partial charge in [0, 0.05) is 18.0 Å². The Morgan fingerprint density at radius 2 is 2.41 bits per heavy atom. The molecule has 0 saturated carbocycles. The van der Waals surface area contributed by atoms with Crippen molar-refractivity contribution in [1.29, 1.82) is 0 Å². The summed E-state index contributed by atoms with van der Waals surface area (Å²) in [5.74, 6) is 0. The first-order chi connectivity index (χ1) is 8.25. The Morgan fingerprint density at radius 1 is 1.53 bits per heavy atom. The fourth-order valence-electron chi connectivity index (χ4n) is 2.35. The van der Waals surface area contributed by atoms with Crippen molar-refractivity contribution in [2.45, 2.75) is 45.3 Å². The lowest BCUT2D eigenvalue weighted by atomic mass is 10.1. The van der Waals surface area contributed by atoms with Crippen LogP contribution >= 0.6 is 11.3 Å². The highest BCUT2D eigenvalue weighted by molar-refractivity contribution is 7.10. The van der Waals surface area contributed by atoms with E-state index in [1.54, 1.807) is 0 Å². The van der Waals surface area contributed by atoms with Crippen molar-refractivity contribution in [2.24, 2.45) is 0 Å². The minimum atomic E-state index is 0.548. The summed E-state index contributed by atoms with van der Waals surface area (Å²) in [7, 11) is 2.22. The monoisotopic (exact) mass is 253 g/mol. The molecule has 1 aliphatic heterocycles. The van der Waals surface area contributed by atoms with Crippen LogP contribution < -0.4 is 0 Å². The number of nitrogens with zero attached hydrogens (tertiary/aromatic N) is 1. The van der Waals surface area contributed by atoms with E-state index in [0.29, 0.717) is 6.10 Å². The van der Waals surface area contributed by atoms with Gasteiger partial charge < -0.3 is 9.64 Å². The van der Waals surface area contributed by atoms with Crippen LogP contribution in [-0.4, -0.2) is 31.2 Å². The van der Waals surface area contributed by atoms with Gasteiger partial charge in [0.1, 0.15) is 0 Å². The number of rotatable bonds is 6. The minimum absolute atomic E-state index is 0.548. The molecule has 0 aromatic carbocycles.